The first-order chi connectivity index (χ1) is 8.60. The number of rotatable bonds is 4. The maximum Gasteiger partial charge on any atom is 0.232 e. The van der Waals surface area contributed by atoms with Crippen LogP contribution in [0.2, 0.25) is 5.02 Å². The lowest BCUT2D eigenvalue weighted by Crippen LogP contribution is -2.30. The van der Waals surface area contributed by atoms with Gasteiger partial charge in [0.25, 0.3) is 0 Å². The highest BCUT2D eigenvalue weighted by Gasteiger charge is 2.25. The Morgan fingerprint density at radius 3 is 2.83 bits per heavy atom. The molecule has 1 saturated heterocycles. The number of hydrogen-bond donors (Lipinski definition) is 0. The Balaban J connectivity index is 1.96. The van der Waals surface area contributed by atoms with E-state index in [1.807, 2.05) is 0 Å². The van der Waals surface area contributed by atoms with E-state index in [9.17, 15) is 0 Å². The fourth-order valence-electron chi connectivity index (χ4n) is 2.13. The molecule has 0 aromatic carbocycles. The molecule has 0 amide bonds. The molecule has 0 radical (unpaired) electrons. The van der Waals surface area contributed by atoms with Crippen molar-refractivity contribution in [1.82, 2.24) is 9.88 Å². The number of likely N-dealkylation sites (tertiary alicyclic amines) is 1. The van der Waals surface area contributed by atoms with Crippen molar-refractivity contribution in [2.24, 2.45) is 0 Å². The number of nitrogens with zero attached hydrogens (tertiary/aromatic N) is 2. The number of halogens is 1. The van der Waals surface area contributed by atoms with Gasteiger partial charge >= 0.3 is 0 Å². The number of pyridine rings is 1. The van der Waals surface area contributed by atoms with Crippen LogP contribution in [-0.4, -0.2) is 42.2 Å². The molecule has 0 aliphatic carbocycles. The van der Waals surface area contributed by atoms with Crippen LogP contribution >= 0.6 is 11.6 Å². The summed E-state index contributed by atoms with van der Waals surface area (Å²) in [5.41, 5.74) is 0. The second-order valence-electron chi connectivity index (χ2n) is 4.78. The van der Waals surface area contributed by atoms with Gasteiger partial charge in [-0.1, -0.05) is 11.6 Å². The molecule has 1 aliphatic heterocycles. The molecule has 1 unspecified atom stereocenters. The zero-order valence-corrected chi connectivity index (χ0v) is 11.8. The van der Waals surface area contributed by atoms with Crippen LogP contribution in [0.3, 0.4) is 0 Å². The second kappa shape index (κ2) is 5.76. The van der Waals surface area contributed by atoms with Gasteiger partial charge in [-0.15, -0.1) is 0 Å². The third-order valence-electron chi connectivity index (χ3n) is 3.19. The minimum Gasteiger partial charge on any atom is -0.487 e. The van der Waals surface area contributed by atoms with Gasteiger partial charge in [0.2, 0.25) is 5.88 Å². The van der Waals surface area contributed by atoms with Crippen molar-refractivity contribution in [3.05, 3.63) is 17.3 Å². The molecule has 2 heterocycles. The molecule has 1 atom stereocenters. The van der Waals surface area contributed by atoms with Crippen molar-refractivity contribution in [2.75, 3.05) is 20.2 Å². The second-order valence-corrected chi connectivity index (χ2v) is 5.19. The van der Waals surface area contributed by atoms with Crippen LogP contribution in [-0.2, 0) is 0 Å². The number of hydrogen-bond acceptors (Lipinski definition) is 4. The lowest BCUT2D eigenvalue weighted by Gasteiger charge is -2.20. The summed E-state index contributed by atoms with van der Waals surface area (Å²) in [5.74, 6) is 1.13. The quantitative estimate of drug-likeness (QED) is 0.842. The summed E-state index contributed by atoms with van der Waals surface area (Å²) in [6.07, 6.45) is 2.92. The lowest BCUT2D eigenvalue weighted by molar-refractivity contribution is 0.186. The molecule has 0 N–H and O–H groups in total. The van der Waals surface area contributed by atoms with E-state index >= 15 is 0 Å². The van der Waals surface area contributed by atoms with E-state index in [2.05, 4.69) is 23.7 Å². The summed E-state index contributed by atoms with van der Waals surface area (Å²) in [6, 6.07) is 2.32. The fraction of sp³-hybridized carbons (Fsp3) is 0.615. The van der Waals surface area contributed by atoms with Crippen LogP contribution < -0.4 is 9.47 Å². The summed E-state index contributed by atoms with van der Waals surface area (Å²) >= 11 is 6.02. The molecule has 1 aliphatic rings. The van der Waals surface area contributed by atoms with Gasteiger partial charge in [0.05, 0.1) is 13.3 Å². The zero-order valence-electron chi connectivity index (χ0n) is 11.0. The summed E-state index contributed by atoms with van der Waals surface area (Å²) in [4.78, 5) is 6.51. The van der Waals surface area contributed by atoms with Gasteiger partial charge in [0, 0.05) is 25.2 Å². The summed E-state index contributed by atoms with van der Waals surface area (Å²) < 4.78 is 10.9. The topological polar surface area (TPSA) is 34.6 Å². The van der Waals surface area contributed by atoms with Crippen LogP contribution in [0.4, 0.5) is 0 Å². The van der Waals surface area contributed by atoms with Gasteiger partial charge in [-0.2, -0.15) is 0 Å². The highest BCUT2D eigenvalue weighted by Crippen LogP contribution is 2.27. The Morgan fingerprint density at radius 1 is 1.50 bits per heavy atom. The third-order valence-corrected chi connectivity index (χ3v) is 3.46. The maximum absolute atomic E-state index is 6.02. The van der Waals surface area contributed by atoms with E-state index in [1.165, 1.54) is 0 Å². The van der Waals surface area contributed by atoms with Gasteiger partial charge in [-0.05, 0) is 20.3 Å². The van der Waals surface area contributed by atoms with Gasteiger partial charge in [-0.25, -0.2) is 4.98 Å². The molecule has 0 bridgehead atoms. The average Bonchev–Trinajstić information content (AvgIpc) is 2.78. The molecular formula is C13H19ClN2O2. The molecule has 0 spiro atoms. The Labute approximate surface area is 113 Å². The van der Waals surface area contributed by atoms with E-state index in [-0.39, 0.29) is 6.10 Å². The monoisotopic (exact) mass is 270 g/mol. The van der Waals surface area contributed by atoms with Crippen molar-refractivity contribution >= 4 is 11.6 Å². The molecule has 1 fully saturated rings. The summed E-state index contributed by atoms with van der Waals surface area (Å²) in [7, 11) is 1.55. The first-order valence-corrected chi connectivity index (χ1v) is 6.58. The molecular weight excluding hydrogens is 252 g/mol. The predicted molar refractivity (Wildman–Crippen MR) is 71.5 cm³/mol. The normalized spacial score (nSPS) is 20.4. The molecule has 5 heteroatoms. The van der Waals surface area contributed by atoms with E-state index in [0.29, 0.717) is 22.7 Å². The molecule has 18 heavy (non-hydrogen) atoms. The van der Waals surface area contributed by atoms with Crippen LogP contribution in [0.25, 0.3) is 0 Å². The minimum atomic E-state index is 0.221. The van der Waals surface area contributed by atoms with Gasteiger partial charge in [0.15, 0.2) is 0 Å². The first kappa shape index (κ1) is 13.4. The zero-order chi connectivity index (χ0) is 13.1. The molecule has 1 aromatic rings. The van der Waals surface area contributed by atoms with Crippen molar-refractivity contribution in [3.63, 3.8) is 0 Å². The lowest BCUT2D eigenvalue weighted by atomic mass is 10.3. The number of methoxy groups -OCH3 is 1. The largest absolute Gasteiger partial charge is 0.487 e. The Bertz CT molecular complexity index is 412. The van der Waals surface area contributed by atoms with Gasteiger partial charge < -0.3 is 9.47 Å². The standard InChI is InChI=1S/C13H19ClN2O2/c1-9(2)16-5-4-10(8-16)18-11-6-12(14)13(17-3)15-7-11/h6-7,9-10H,4-5,8H2,1-3H3. The van der Waals surface area contributed by atoms with Gasteiger partial charge in [0.1, 0.15) is 16.9 Å². The Hall–Kier alpha value is -1.00. The molecule has 4 nitrogen and oxygen atoms in total. The average molecular weight is 271 g/mol. The fourth-order valence-corrected chi connectivity index (χ4v) is 2.37. The van der Waals surface area contributed by atoms with E-state index in [0.717, 1.165) is 19.5 Å². The minimum absolute atomic E-state index is 0.221. The molecule has 0 saturated carbocycles. The van der Waals surface area contributed by atoms with Crippen molar-refractivity contribution in [1.29, 1.82) is 0 Å². The van der Waals surface area contributed by atoms with Crippen LogP contribution in [0.5, 0.6) is 11.6 Å². The van der Waals surface area contributed by atoms with E-state index in [4.69, 9.17) is 21.1 Å². The van der Waals surface area contributed by atoms with Crippen molar-refractivity contribution in [3.8, 4) is 11.6 Å². The van der Waals surface area contributed by atoms with Crippen LogP contribution in [0.15, 0.2) is 12.3 Å². The van der Waals surface area contributed by atoms with E-state index < -0.39 is 0 Å². The van der Waals surface area contributed by atoms with Crippen LogP contribution in [0, 0.1) is 0 Å². The molecule has 100 valence electrons. The van der Waals surface area contributed by atoms with Gasteiger partial charge in [-0.3, -0.25) is 4.90 Å². The summed E-state index contributed by atoms with van der Waals surface area (Å²) in [6.45, 7) is 6.45. The van der Waals surface area contributed by atoms with Crippen molar-refractivity contribution in [2.45, 2.75) is 32.4 Å². The van der Waals surface area contributed by atoms with Crippen LogP contribution in [0.1, 0.15) is 20.3 Å². The smallest absolute Gasteiger partial charge is 0.232 e. The van der Waals surface area contributed by atoms with E-state index in [1.54, 1.807) is 19.4 Å². The predicted octanol–water partition coefficient (Wildman–Crippen LogP) is 2.61. The number of aromatic nitrogens is 1. The number of ether oxygens (including phenoxy) is 2. The van der Waals surface area contributed by atoms with Crippen molar-refractivity contribution < 1.29 is 9.47 Å². The first-order valence-electron chi connectivity index (χ1n) is 6.20. The highest BCUT2D eigenvalue weighted by atomic mass is 35.5. The third kappa shape index (κ3) is 3.06. The Kier molecular flexibility index (Phi) is 4.30. The highest BCUT2D eigenvalue weighted by molar-refractivity contribution is 6.31. The maximum atomic E-state index is 6.02. The molecule has 2 rings (SSSR count). The SMILES string of the molecule is COc1ncc(OC2CCN(C(C)C)C2)cc1Cl. The summed E-state index contributed by atoms with van der Waals surface area (Å²) in [5, 5.41) is 0.480. The molecule has 1 aromatic heterocycles. The Morgan fingerprint density at radius 2 is 2.28 bits per heavy atom.